The van der Waals surface area contributed by atoms with Gasteiger partial charge in [0.05, 0.1) is 18.3 Å². The van der Waals surface area contributed by atoms with Crippen LogP contribution >= 0.6 is 0 Å². The van der Waals surface area contributed by atoms with Crippen LogP contribution in [0.3, 0.4) is 0 Å². The topological polar surface area (TPSA) is 59.6 Å². The number of hydrogen-bond acceptors (Lipinski definition) is 3. The lowest BCUT2D eigenvalue weighted by Crippen LogP contribution is -2.38. The Balaban J connectivity index is 2.71. The molecule has 0 aliphatic heterocycles. The first-order valence-corrected chi connectivity index (χ1v) is 5.99. The first kappa shape index (κ1) is 15.8. The molecule has 0 fully saturated rings. The van der Waals surface area contributed by atoms with Gasteiger partial charge >= 0.3 is 6.03 Å². The van der Waals surface area contributed by atoms with Crippen molar-refractivity contribution in [1.29, 1.82) is 0 Å². The molecule has 6 heteroatoms. The number of terminal acetylenes is 1. The van der Waals surface area contributed by atoms with Gasteiger partial charge in [0.2, 0.25) is 0 Å². The molecule has 1 rings (SSSR count). The molecule has 0 radical (unpaired) electrons. The average molecular weight is 280 g/mol. The van der Waals surface area contributed by atoms with Crippen LogP contribution in [0.1, 0.15) is 6.92 Å². The minimum absolute atomic E-state index is 0.0141. The predicted octanol–water partition coefficient (Wildman–Crippen LogP) is 1.99. The van der Waals surface area contributed by atoms with E-state index in [1.165, 1.54) is 12.1 Å². The van der Waals surface area contributed by atoms with Crippen LogP contribution in [0.5, 0.6) is 5.75 Å². The van der Waals surface area contributed by atoms with Crippen molar-refractivity contribution in [2.24, 2.45) is 0 Å². The number of urea groups is 1. The molecule has 0 saturated heterocycles. The first-order chi connectivity index (χ1) is 9.56. The SMILES string of the molecule is C#CCOc1cc(F)ccc1NC(=O)N[C@@H](C)COC. The number of anilines is 1. The Morgan fingerprint density at radius 3 is 2.95 bits per heavy atom. The molecule has 0 aliphatic carbocycles. The van der Waals surface area contributed by atoms with Crippen molar-refractivity contribution in [3.63, 3.8) is 0 Å². The molecule has 108 valence electrons. The summed E-state index contributed by atoms with van der Waals surface area (Å²) in [5.74, 6) is 1.98. The van der Waals surface area contributed by atoms with Crippen molar-refractivity contribution < 1.29 is 18.7 Å². The highest BCUT2D eigenvalue weighted by Gasteiger charge is 2.11. The first-order valence-electron chi connectivity index (χ1n) is 5.99. The van der Waals surface area contributed by atoms with Gasteiger partial charge in [0, 0.05) is 13.2 Å². The number of methoxy groups -OCH3 is 1. The molecule has 0 aromatic heterocycles. The molecule has 2 amide bonds. The predicted molar refractivity (Wildman–Crippen MR) is 74.2 cm³/mol. The summed E-state index contributed by atoms with van der Waals surface area (Å²) >= 11 is 0. The second-order valence-electron chi connectivity index (χ2n) is 4.09. The van der Waals surface area contributed by atoms with Gasteiger partial charge in [-0.15, -0.1) is 6.42 Å². The lowest BCUT2D eigenvalue weighted by atomic mass is 10.3. The summed E-state index contributed by atoms with van der Waals surface area (Å²) in [6, 6.07) is 3.19. The van der Waals surface area contributed by atoms with Gasteiger partial charge in [0.25, 0.3) is 0 Å². The third-order valence-electron chi connectivity index (χ3n) is 2.30. The molecule has 0 unspecified atom stereocenters. The minimum atomic E-state index is -0.476. The maximum Gasteiger partial charge on any atom is 0.319 e. The van der Waals surface area contributed by atoms with Crippen molar-refractivity contribution in [1.82, 2.24) is 5.32 Å². The number of benzene rings is 1. The van der Waals surface area contributed by atoms with Crippen LogP contribution in [-0.4, -0.2) is 32.4 Å². The van der Waals surface area contributed by atoms with Crippen LogP contribution in [0.4, 0.5) is 14.9 Å². The Morgan fingerprint density at radius 1 is 1.55 bits per heavy atom. The number of rotatable bonds is 6. The van der Waals surface area contributed by atoms with E-state index in [-0.39, 0.29) is 18.4 Å². The zero-order valence-corrected chi connectivity index (χ0v) is 11.4. The summed E-state index contributed by atoms with van der Waals surface area (Å²) in [6.07, 6.45) is 5.08. The summed E-state index contributed by atoms with van der Waals surface area (Å²) in [7, 11) is 1.54. The lowest BCUT2D eigenvalue weighted by molar-refractivity contribution is 0.173. The van der Waals surface area contributed by atoms with Gasteiger partial charge in [0.15, 0.2) is 0 Å². The van der Waals surface area contributed by atoms with Crippen molar-refractivity contribution >= 4 is 11.7 Å². The minimum Gasteiger partial charge on any atom is -0.479 e. The summed E-state index contributed by atoms with van der Waals surface area (Å²) in [4.78, 5) is 11.7. The fourth-order valence-corrected chi connectivity index (χ4v) is 1.51. The summed E-state index contributed by atoms with van der Waals surface area (Å²) in [5.41, 5.74) is 0.337. The van der Waals surface area contributed by atoms with Crippen LogP contribution in [0.15, 0.2) is 18.2 Å². The molecule has 1 aromatic rings. The maximum atomic E-state index is 13.1. The average Bonchev–Trinajstić information content (AvgIpc) is 2.39. The van der Waals surface area contributed by atoms with E-state index in [0.717, 1.165) is 6.07 Å². The van der Waals surface area contributed by atoms with Crippen molar-refractivity contribution in [3.8, 4) is 18.1 Å². The Labute approximate surface area is 117 Å². The van der Waals surface area contributed by atoms with Crippen molar-refractivity contribution in [2.75, 3.05) is 25.6 Å². The maximum absolute atomic E-state index is 13.1. The lowest BCUT2D eigenvalue weighted by Gasteiger charge is -2.15. The molecule has 0 saturated carbocycles. The van der Waals surface area contributed by atoms with E-state index < -0.39 is 11.8 Å². The normalized spacial score (nSPS) is 11.3. The van der Waals surface area contributed by atoms with Gasteiger partial charge in [-0.3, -0.25) is 0 Å². The van der Waals surface area contributed by atoms with Crippen LogP contribution in [0.2, 0.25) is 0 Å². The molecular weight excluding hydrogens is 263 g/mol. The van der Waals surface area contributed by atoms with Crippen LogP contribution in [-0.2, 0) is 4.74 Å². The van der Waals surface area contributed by atoms with Gasteiger partial charge in [-0.25, -0.2) is 9.18 Å². The van der Waals surface area contributed by atoms with E-state index in [1.54, 1.807) is 14.0 Å². The number of nitrogens with one attached hydrogen (secondary N) is 2. The Hall–Kier alpha value is -2.26. The largest absolute Gasteiger partial charge is 0.479 e. The Morgan fingerprint density at radius 2 is 2.30 bits per heavy atom. The zero-order valence-electron chi connectivity index (χ0n) is 11.4. The van der Waals surface area contributed by atoms with Crippen LogP contribution in [0.25, 0.3) is 0 Å². The molecule has 0 aliphatic rings. The summed E-state index contributed by atoms with van der Waals surface area (Å²) in [6.45, 7) is 2.17. The van der Waals surface area contributed by atoms with Gasteiger partial charge < -0.3 is 20.1 Å². The second kappa shape index (κ2) is 8.02. The second-order valence-corrected chi connectivity index (χ2v) is 4.09. The summed E-state index contributed by atoms with van der Waals surface area (Å²) < 4.78 is 23.2. The van der Waals surface area contributed by atoms with Gasteiger partial charge in [0.1, 0.15) is 18.2 Å². The van der Waals surface area contributed by atoms with Gasteiger partial charge in [-0.05, 0) is 19.1 Å². The standard InChI is InChI=1S/C14H17FN2O3/c1-4-7-20-13-8-11(15)5-6-12(13)17-14(18)16-10(2)9-19-3/h1,5-6,8,10H,7,9H2,2-3H3,(H2,16,17,18)/t10-/m0/s1. The van der Waals surface area contributed by atoms with Crippen LogP contribution in [0, 0.1) is 18.2 Å². The number of amides is 2. The molecule has 20 heavy (non-hydrogen) atoms. The number of carbonyl (C=O) groups is 1. The third-order valence-corrected chi connectivity index (χ3v) is 2.30. The molecule has 2 N–H and O–H groups in total. The van der Waals surface area contributed by atoms with E-state index in [1.807, 2.05) is 0 Å². The van der Waals surface area contributed by atoms with E-state index in [0.29, 0.717) is 12.3 Å². The van der Waals surface area contributed by atoms with Gasteiger partial charge in [-0.2, -0.15) is 0 Å². The molecular formula is C14H17FN2O3. The fraction of sp³-hybridized carbons (Fsp3) is 0.357. The quantitative estimate of drug-likeness (QED) is 0.783. The van der Waals surface area contributed by atoms with E-state index in [9.17, 15) is 9.18 Å². The smallest absolute Gasteiger partial charge is 0.319 e. The highest BCUT2D eigenvalue weighted by atomic mass is 19.1. The van der Waals surface area contributed by atoms with Crippen molar-refractivity contribution in [2.45, 2.75) is 13.0 Å². The zero-order chi connectivity index (χ0) is 15.0. The third kappa shape index (κ3) is 5.16. The van der Waals surface area contributed by atoms with Crippen molar-refractivity contribution in [3.05, 3.63) is 24.0 Å². The van der Waals surface area contributed by atoms with E-state index in [4.69, 9.17) is 15.9 Å². The molecule has 5 nitrogen and oxygen atoms in total. The number of hydrogen-bond donors (Lipinski definition) is 2. The summed E-state index contributed by atoms with van der Waals surface area (Å²) in [5, 5.41) is 5.23. The monoisotopic (exact) mass is 280 g/mol. The Bertz CT molecular complexity index is 500. The molecule has 0 heterocycles. The van der Waals surface area contributed by atoms with E-state index in [2.05, 4.69) is 16.6 Å². The highest BCUT2D eigenvalue weighted by molar-refractivity contribution is 5.91. The number of ether oxygens (including phenoxy) is 2. The fourth-order valence-electron chi connectivity index (χ4n) is 1.51. The number of halogens is 1. The number of carbonyl (C=O) groups excluding carboxylic acids is 1. The molecule has 1 aromatic carbocycles. The molecule has 0 spiro atoms. The Kier molecular flexibility index (Phi) is 6.33. The molecule has 0 bridgehead atoms. The highest BCUT2D eigenvalue weighted by Crippen LogP contribution is 2.25. The molecule has 1 atom stereocenters. The van der Waals surface area contributed by atoms with Gasteiger partial charge in [-0.1, -0.05) is 5.92 Å². The van der Waals surface area contributed by atoms with E-state index >= 15 is 0 Å². The van der Waals surface area contributed by atoms with Crippen LogP contribution < -0.4 is 15.4 Å².